The Balaban J connectivity index is 1.37. The van der Waals surface area contributed by atoms with Gasteiger partial charge in [-0.15, -0.1) is 0 Å². The van der Waals surface area contributed by atoms with Crippen molar-refractivity contribution in [1.82, 2.24) is 5.43 Å². The summed E-state index contributed by atoms with van der Waals surface area (Å²) in [5, 5.41) is 6.18. The number of nitrogens with zero attached hydrogens (tertiary/aromatic N) is 1. The summed E-state index contributed by atoms with van der Waals surface area (Å²) in [6, 6.07) is 27.7. The molecule has 32 heavy (non-hydrogen) atoms. The van der Waals surface area contributed by atoms with E-state index in [0.29, 0.717) is 16.9 Å². The molecular weight excluding hydrogens is 468 g/mol. The average Bonchev–Trinajstić information content (AvgIpc) is 2.79. The topological polar surface area (TPSA) is 67.8 Å². The van der Waals surface area contributed by atoms with Gasteiger partial charge in [-0.05, 0) is 52.2 Å². The minimum atomic E-state index is -0.455. The van der Waals surface area contributed by atoms with Gasteiger partial charge in [0.05, 0.1) is 18.2 Å². The fraction of sp³-hybridized carbons (Fsp3) is 0.0385. The van der Waals surface area contributed by atoms with Gasteiger partial charge in [0, 0.05) is 4.47 Å². The van der Waals surface area contributed by atoms with Crippen molar-refractivity contribution < 1.29 is 14.3 Å². The van der Waals surface area contributed by atoms with E-state index in [-0.39, 0.29) is 12.3 Å². The van der Waals surface area contributed by atoms with E-state index in [0.717, 1.165) is 20.8 Å². The van der Waals surface area contributed by atoms with Crippen LogP contribution in [0.4, 0.5) is 0 Å². The zero-order chi connectivity index (χ0) is 22.3. The van der Waals surface area contributed by atoms with Crippen LogP contribution in [0.25, 0.3) is 10.8 Å². The fourth-order valence-corrected chi connectivity index (χ4v) is 3.68. The lowest BCUT2D eigenvalue weighted by molar-refractivity contribution is -0.120. The number of hydrogen-bond acceptors (Lipinski definition) is 4. The van der Waals surface area contributed by atoms with Crippen molar-refractivity contribution in [2.24, 2.45) is 5.10 Å². The number of ether oxygens (including phenoxy) is 1. The maximum Gasteiger partial charge on any atom is 0.343 e. The molecule has 4 aromatic rings. The molecule has 0 saturated carbocycles. The van der Waals surface area contributed by atoms with E-state index in [1.54, 1.807) is 42.5 Å². The highest BCUT2D eigenvalue weighted by Gasteiger charge is 2.09. The molecule has 4 aromatic carbocycles. The lowest BCUT2D eigenvalue weighted by atomic mass is 10.0. The van der Waals surface area contributed by atoms with E-state index in [9.17, 15) is 9.59 Å². The standard InChI is InChI=1S/C26H19BrN2O3/c27-22-11-5-10-21(15-22)26(31)32-23-12-3-6-18(14-23)17-28-29-25(30)16-20-9-4-8-19-7-1-2-13-24(19)20/h1-15,17H,16H2,(H,29,30). The van der Waals surface area contributed by atoms with Gasteiger partial charge in [0.2, 0.25) is 5.91 Å². The molecule has 0 heterocycles. The van der Waals surface area contributed by atoms with Crippen molar-refractivity contribution >= 4 is 44.8 Å². The van der Waals surface area contributed by atoms with Crippen LogP contribution < -0.4 is 10.2 Å². The Hall–Kier alpha value is -3.77. The number of esters is 1. The Morgan fingerprint density at radius 1 is 0.906 bits per heavy atom. The van der Waals surface area contributed by atoms with E-state index in [2.05, 4.69) is 26.5 Å². The molecule has 0 spiro atoms. The minimum Gasteiger partial charge on any atom is -0.423 e. The molecule has 0 aromatic heterocycles. The normalized spacial score (nSPS) is 10.9. The number of rotatable bonds is 6. The van der Waals surface area contributed by atoms with Crippen LogP contribution in [0.1, 0.15) is 21.5 Å². The van der Waals surface area contributed by atoms with Crippen LogP contribution in [0.2, 0.25) is 0 Å². The third kappa shape index (κ3) is 5.47. The Labute approximate surface area is 193 Å². The van der Waals surface area contributed by atoms with E-state index < -0.39 is 5.97 Å². The molecule has 4 rings (SSSR count). The molecule has 5 nitrogen and oxygen atoms in total. The van der Waals surface area contributed by atoms with Gasteiger partial charge in [-0.1, -0.05) is 76.6 Å². The van der Waals surface area contributed by atoms with Crippen molar-refractivity contribution in [3.05, 3.63) is 112 Å². The largest absolute Gasteiger partial charge is 0.423 e. The molecule has 6 heteroatoms. The molecule has 0 saturated heterocycles. The molecule has 0 aliphatic heterocycles. The highest BCUT2D eigenvalue weighted by molar-refractivity contribution is 9.10. The SMILES string of the molecule is O=C(Cc1cccc2ccccc12)NN=Cc1cccc(OC(=O)c2cccc(Br)c2)c1. The molecule has 0 aliphatic carbocycles. The van der Waals surface area contributed by atoms with Gasteiger partial charge in [-0.3, -0.25) is 4.79 Å². The zero-order valence-electron chi connectivity index (χ0n) is 17.0. The summed E-state index contributed by atoms with van der Waals surface area (Å²) in [6.45, 7) is 0. The maximum atomic E-state index is 12.3. The van der Waals surface area contributed by atoms with Gasteiger partial charge in [0.15, 0.2) is 0 Å². The molecule has 0 aliphatic rings. The predicted octanol–water partition coefficient (Wildman–Crippen LogP) is 5.51. The Morgan fingerprint density at radius 2 is 1.69 bits per heavy atom. The molecule has 158 valence electrons. The highest BCUT2D eigenvalue weighted by Crippen LogP contribution is 2.19. The summed E-state index contributed by atoms with van der Waals surface area (Å²) in [6.07, 6.45) is 1.74. The van der Waals surface area contributed by atoms with Crippen LogP contribution in [0.15, 0.2) is 101 Å². The van der Waals surface area contributed by atoms with E-state index in [1.165, 1.54) is 6.21 Å². The Bertz CT molecular complexity index is 1310. The van der Waals surface area contributed by atoms with E-state index in [4.69, 9.17) is 4.74 Å². The number of hydrazone groups is 1. The van der Waals surface area contributed by atoms with Crippen LogP contribution in [-0.2, 0) is 11.2 Å². The predicted molar refractivity (Wildman–Crippen MR) is 129 cm³/mol. The van der Waals surface area contributed by atoms with Gasteiger partial charge in [-0.25, -0.2) is 10.2 Å². The number of carbonyl (C=O) groups excluding carboxylic acids is 2. The van der Waals surface area contributed by atoms with Gasteiger partial charge < -0.3 is 4.74 Å². The first kappa shape index (κ1) is 21.5. The van der Waals surface area contributed by atoms with Crippen LogP contribution in [0, 0.1) is 0 Å². The second kappa shape index (κ2) is 10.0. The number of amides is 1. The molecule has 1 N–H and O–H groups in total. The van der Waals surface area contributed by atoms with Crippen molar-refractivity contribution in [2.45, 2.75) is 6.42 Å². The molecule has 0 atom stereocenters. The highest BCUT2D eigenvalue weighted by atomic mass is 79.9. The third-order valence-corrected chi connectivity index (χ3v) is 5.26. The molecule has 0 unspecified atom stereocenters. The van der Waals surface area contributed by atoms with Gasteiger partial charge in [0.25, 0.3) is 0 Å². The number of benzene rings is 4. The van der Waals surface area contributed by atoms with Crippen LogP contribution in [-0.4, -0.2) is 18.1 Å². The average molecular weight is 487 g/mol. The summed E-state index contributed by atoms with van der Waals surface area (Å²) in [5.41, 5.74) is 4.63. The lowest BCUT2D eigenvalue weighted by Gasteiger charge is -2.06. The first-order chi connectivity index (χ1) is 15.6. The number of halogens is 1. The number of fused-ring (bicyclic) bond motifs is 1. The number of carbonyl (C=O) groups is 2. The summed E-state index contributed by atoms with van der Waals surface area (Å²) in [7, 11) is 0. The van der Waals surface area contributed by atoms with Crippen LogP contribution >= 0.6 is 15.9 Å². The number of hydrogen-bond donors (Lipinski definition) is 1. The van der Waals surface area contributed by atoms with Crippen molar-refractivity contribution in [3.63, 3.8) is 0 Å². The van der Waals surface area contributed by atoms with E-state index >= 15 is 0 Å². The van der Waals surface area contributed by atoms with Crippen molar-refractivity contribution in [2.75, 3.05) is 0 Å². The Kier molecular flexibility index (Phi) is 6.72. The third-order valence-electron chi connectivity index (χ3n) is 4.76. The zero-order valence-corrected chi connectivity index (χ0v) is 18.6. The smallest absolute Gasteiger partial charge is 0.343 e. The lowest BCUT2D eigenvalue weighted by Crippen LogP contribution is -2.19. The van der Waals surface area contributed by atoms with Crippen molar-refractivity contribution in [1.29, 1.82) is 0 Å². The second-order valence-corrected chi connectivity index (χ2v) is 8.00. The molecule has 1 amide bonds. The van der Waals surface area contributed by atoms with Crippen LogP contribution in [0.5, 0.6) is 5.75 Å². The Morgan fingerprint density at radius 3 is 2.56 bits per heavy atom. The molecule has 0 bridgehead atoms. The molecular formula is C26H19BrN2O3. The summed E-state index contributed by atoms with van der Waals surface area (Å²) >= 11 is 3.34. The van der Waals surface area contributed by atoms with Gasteiger partial charge >= 0.3 is 5.97 Å². The maximum absolute atomic E-state index is 12.3. The quantitative estimate of drug-likeness (QED) is 0.169. The summed E-state index contributed by atoms with van der Waals surface area (Å²) in [4.78, 5) is 24.7. The molecule has 0 radical (unpaired) electrons. The first-order valence-electron chi connectivity index (χ1n) is 9.95. The minimum absolute atomic E-state index is 0.213. The second-order valence-electron chi connectivity index (χ2n) is 7.08. The monoisotopic (exact) mass is 486 g/mol. The fourth-order valence-electron chi connectivity index (χ4n) is 3.28. The van der Waals surface area contributed by atoms with Gasteiger partial charge in [0.1, 0.15) is 5.75 Å². The molecule has 0 fully saturated rings. The first-order valence-corrected chi connectivity index (χ1v) is 10.7. The van der Waals surface area contributed by atoms with Crippen LogP contribution in [0.3, 0.4) is 0 Å². The summed E-state index contributed by atoms with van der Waals surface area (Å²) in [5.74, 6) is -0.278. The van der Waals surface area contributed by atoms with E-state index in [1.807, 2.05) is 48.5 Å². The number of nitrogens with one attached hydrogen (secondary N) is 1. The van der Waals surface area contributed by atoms with Gasteiger partial charge in [-0.2, -0.15) is 5.10 Å². The van der Waals surface area contributed by atoms with Crippen molar-refractivity contribution in [3.8, 4) is 5.75 Å². The summed E-state index contributed by atoms with van der Waals surface area (Å²) < 4.78 is 6.23.